The van der Waals surface area contributed by atoms with Gasteiger partial charge in [-0.3, -0.25) is 0 Å². The fourth-order valence-corrected chi connectivity index (χ4v) is 1.01. The summed E-state index contributed by atoms with van der Waals surface area (Å²) in [7, 11) is 0. The van der Waals surface area contributed by atoms with Gasteiger partial charge in [0, 0.05) is 0 Å². The Morgan fingerprint density at radius 2 is 2.13 bits per heavy atom. The summed E-state index contributed by atoms with van der Waals surface area (Å²) in [6.45, 7) is 8.51. The van der Waals surface area contributed by atoms with Crippen molar-refractivity contribution < 1.29 is 9.47 Å². The zero-order valence-corrected chi connectivity index (χ0v) is 9.82. The summed E-state index contributed by atoms with van der Waals surface area (Å²) in [4.78, 5) is 0. The van der Waals surface area contributed by atoms with E-state index in [9.17, 15) is 0 Å². The average molecular weight is 208 g/mol. The van der Waals surface area contributed by atoms with Crippen molar-refractivity contribution in [3.8, 4) is 0 Å². The zero-order valence-electron chi connectivity index (χ0n) is 9.82. The first-order chi connectivity index (χ1) is 7.18. The highest BCUT2D eigenvalue weighted by atomic mass is 16.6. The predicted octanol–water partition coefficient (Wildman–Crippen LogP) is 2.87. The molecule has 0 spiro atoms. The predicted molar refractivity (Wildman–Crippen MR) is 62.9 cm³/mol. The summed E-state index contributed by atoms with van der Waals surface area (Å²) in [5.41, 5.74) is 2.53. The minimum absolute atomic E-state index is 0.361. The van der Waals surface area contributed by atoms with Crippen LogP contribution in [-0.2, 0) is 9.47 Å². The number of hydrogen-bond donors (Lipinski definition) is 0. The van der Waals surface area contributed by atoms with Crippen LogP contribution < -0.4 is 0 Å². The van der Waals surface area contributed by atoms with Crippen LogP contribution >= 0.6 is 0 Å². The smallest absolute Gasteiger partial charge is 0.104 e. The largest absolute Gasteiger partial charge is 0.375 e. The standard InChI is InChI=1S/C13H20O2/c1-11(2)5-4-6-12(3)7-8-14-9-13-10-15-13/h4-7,13H,8-10H2,1-3H3. The molecule has 0 aromatic carbocycles. The van der Waals surface area contributed by atoms with Gasteiger partial charge in [0.05, 0.1) is 19.8 Å². The summed E-state index contributed by atoms with van der Waals surface area (Å²) >= 11 is 0. The minimum atomic E-state index is 0.361. The molecule has 1 rings (SSSR count). The molecule has 0 N–H and O–H groups in total. The molecule has 1 atom stereocenters. The molecular formula is C13H20O2. The van der Waals surface area contributed by atoms with Gasteiger partial charge >= 0.3 is 0 Å². The molecule has 1 unspecified atom stereocenters. The van der Waals surface area contributed by atoms with Gasteiger partial charge in [0.1, 0.15) is 6.10 Å². The number of rotatable bonds is 6. The van der Waals surface area contributed by atoms with Crippen LogP contribution in [0.4, 0.5) is 0 Å². The van der Waals surface area contributed by atoms with E-state index < -0.39 is 0 Å². The first-order valence-electron chi connectivity index (χ1n) is 5.36. The number of allylic oxidation sites excluding steroid dienone is 5. The van der Waals surface area contributed by atoms with Crippen molar-refractivity contribution >= 4 is 0 Å². The second-order valence-corrected chi connectivity index (χ2v) is 4.04. The first-order valence-corrected chi connectivity index (χ1v) is 5.36. The van der Waals surface area contributed by atoms with Crippen LogP contribution in [-0.4, -0.2) is 25.9 Å². The summed E-state index contributed by atoms with van der Waals surface area (Å²) in [5, 5.41) is 0. The van der Waals surface area contributed by atoms with Crippen molar-refractivity contribution in [3.63, 3.8) is 0 Å². The molecule has 0 aromatic rings. The van der Waals surface area contributed by atoms with E-state index in [2.05, 4.69) is 45.1 Å². The van der Waals surface area contributed by atoms with E-state index in [1.807, 2.05) is 0 Å². The van der Waals surface area contributed by atoms with E-state index in [4.69, 9.17) is 9.47 Å². The van der Waals surface area contributed by atoms with E-state index >= 15 is 0 Å². The third kappa shape index (κ3) is 7.11. The molecule has 0 bridgehead atoms. The van der Waals surface area contributed by atoms with Crippen molar-refractivity contribution in [2.24, 2.45) is 0 Å². The molecule has 84 valence electrons. The van der Waals surface area contributed by atoms with Gasteiger partial charge in [-0.2, -0.15) is 0 Å². The van der Waals surface area contributed by atoms with Crippen LogP contribution in [0.25, 0.3) is 0 Å². The molecule has 0 aliphatic carbocycles. The Bertz CT molecular complexity index is 266. The zero-order chi connectivity index (χ0) is 11.1. The fourth-order valence-electron chi connectivity index (χ4n) is 1.01. The van der Waals surface area contributed by atoms with Crippen LogP contribution in [0.5, 0.6) is 0 Å². The van der Waals surface area contributed by atoms with Crippen LogP contribution in [0.1, 0.15) is 20.8 Å². The maximum Gasteiger partial charge on any atom is 0.104 e. The topological polar surface area (TPSA) is 21.8 Å². The second kappa shape index (κ2) is 6.59. The summed E-state index contributed by atoms with van der Waals surface area (Å²) < 4.78 is 10.4. The molecule has 0 amide bonds. The third-order valence-electron chi connectivity index (χ3n) is 2.02. The Balaban J connectivity index is 2.13. The van der Waals surface area contributed by atoms with Gasteiger partial charge in [-0.05, 0) is 20.8 Å². The van der Waals surface area contributed by atoms with E-state index in [0.717, 1.165) is 13.2 Å². The monoisotopic (exact) mass is 208 g/mol. The van der Waals surface area contributed by atoms with E-state index in [1.54, 1.807) is 0 Å². The maximum atomic E-state index is 5.40. The number of hydrogen-bond acceptors (Lipinski definition) is 2. The molecule has 0 radical (unpaired) electrons. The fraction of sp³-hybridized carbons (Fsp3) is 0.538. The highest BCUT2D eigenvalue weighted by molar-refractivity contribution is 5.21. The average Bonchev–Trinajstić information content (AvgIpc) is 2.95. The highest BCUT2D eigenvalue weighted by Crippen LogP contribution is 2.08. The van der Waals surface area contributed by atoms with Crippen molar-refractivity contribution in [2.75, 3.05) is 19.8 Å². The summed E-state index contributed by atoms with van der Waals surface area (Å²) in [6.07, 6.45) is 8.68. The minimum Gasteiger partial charge on any atom is -0.375 e. The van der Waals surface area contributed by atoms with Gasteiger partial charge in [-0.15, -0.1) is 0 Å². The molecule has 15 heavy (non-hydrogen) atoms. The summed E-state index contributed by atoms with van der Waals surface area (Å²) in [5.74, 6) is 0. The van der Waals surface area contributed by atoms with Crippen molar-refractivity contribution in [3.05, 3.63) is 35.5 Å². The van der Waals surface area contributed by atoms with E-state index in [1.165, 1.54) is 11.1 Å². The Labute approximate surface area is 92.3 Å². The first kappa shape index (κ1) is 12.2. The summed E-state index contributed by atoms with van der Waals surface area (Å²) in [6, 6.07) is 0. The van der Waals surface area contributed by atoms with Crippen LogP contribution in [0.2, 0.25) is 0 Å². The van der Waals surface area contributed by atoms with E-state index in [0.29, 0.717) is 12.7 Å². The van der Waals surface area contributed by atoms with Crippen molar-refractivity contribution in [1.29, 1.82) is 0 Å². The molecule has 1 heterocycles. The lowest BCUT2D eigenvalue weighted by atomic mass is 10.2. The molecule has 1 fully saturated rings. The quantitative estimate of drug-likeness (QED) is 0.380. The Morgan fingerprint density at radius 3 is 2.73 bits per heavy atom. The molecular weight excluding hydrogens is 188 g/mol. The number of epoxide rings is 1. The SMILES string of the molecule is CC(C)=CC=CC(C)=CCOCC1CO1. The Hall–Kier alpha value is -0.860. The van der Waals surface area contributed by atoms with Gasteiger partial charge < -0.3 is 9.47 Å². The lowest BCUT2D eigenvalue weighted by Gasteiger charge is -1.97. The van der Waals surface area contributed by atoms with E-state index in [-0.39, 0.29) is 0 Å². The van der Waals surface area contributed by atoms with Gasteiger partial charge in [0.2, 0.25) is 0 Å². The van der Waals surface area contributed by atoms with Crippen molar-refractivity contribution in [1.82, 2.24) is 0 Å². The highest BCUT2D eigenvalue weighted by Gasteiger charge is 2.21. The molecule has 2 heteroatoms. The van der Waals surface area contributed by atoms with Crippen LogP contribution in [0.15, 0.2) is 35.5 Å². The Kier molecular flexibility index (Phi) is 5.37. The van der Waals surface area contributed by atoms with Gasteiger partial charge in [0.15, 0.2) is 0 Å². The molecule has 1 aliphatic heterocycles. The van der Waals surface area contributed by atoms with Gasteiger partial charge in [-0.1, -0.05) is 35.5 Å². The second-order valence-electron chi connectivity index (χ2n) is 4.04. The Morgan fingerprint density at radius 1 is 1.40 bits per heavy atom. The normalized spacial score (nSPS) is 20.7. The molecule has 1 aliphatic rings. The lowest BCUT2D eigenvalue weighted by molar-refractivity contribution is 0.140. The lowest BCUT2D eigenvalue weighted by Crippen LogP contribution is -2.00. The molecule has 2 nitrogen and oxygen atoms in total. The van der Waals surface area contributed by atoms with Gasteiger partial charge in [0.25, 0.3) is 0 Å². The van der Waals surface area contributed by atoms with Gasteiger partial charge in [-0.25, -0.2) is 0 Å². The molecule has 1 saturated heterocycles. The van der Waals surface area contributed by atoms with Crippen LogP contribution in [0.3, 0.4) is 0 Å². The maximum absolute atomic E-state index is 5.40. The molecule has 0 saturated carbocycles. The van der Waals surface area contributed by atoms with Crippen molar-refractivity contribution in [2.45, 2.75) is 26.9 Å². The molecule has 0 aromatic heterocycles. The van der Waals surface area contributed by atoms with Crippen LogP contribution in [0, 0.1) is 0 Å². The number of ether oxygens (including phenoxy) is 2. The third-order valence-corrected chi connectivity index (χ3v) is 2.02.